The van der Waals surface area contributed by atoms with Gasteiger partial charge in [0.25, 0.3) is 0 Å². The lowest BCUT2D eigenvalue weighted by atomic mass is 10.00. The van der Waals surface area contributed by atoms with Crippen LogP contribution in [0.3, 0.4) is 0 Å². The monoisotopic (exact) mass is 290 g/mol. The Bertz CT molecular complexity index is 510. The van der Waals surface area contributed by atoms with Gasteiger partial charge in [-0.3, -0.25) is 0 Å². The number of hydrogen-bond donors (Lipinski definition) is 1. The standard InChI is InChI=1S/C16H22N2O3/c1-12-4-6-18(7-5-12)16(19)17-11-13-2-3-14-15(10-13)21-9-8-20-14/h2-3,10,12H,4-9,11H2,1H3,(H,17,19). The van der Waals surface area contributed by atoms with E-state index in [1.54, 1.807) is 0 Å². The van der Waals surface area contributed by atoms with Gasteiger partial charge in [-0.05, 0) is 36.5 Å². The number of nitrogens with one attached hydrogen (secondary N) is 1. The Hall–Kier alpha value is -1.91. The van der Waals surface area contributed by atoms with Crippen LogP contribution >= 0.6 is 0 Å². The van der Waals surface area contributed by atoms with Crippen LogP contribution in [0.15, 0.2) is 18.2 Å². The number of fused-ring (bicyclic) bond motifs is 1. The van der Waals surface area contributed by atoms with Crippen LogP contribution in [0.1, 0.15) is 25.3 Å². The average molecular weight is 290 g/mol. The van der Waals surface area contributed by atoms with Crippen LogP contribution in [-0.4, -0.2) is 37.2 Å². The number of nitrogens with zero attached hydrogens (tertiary/aromatic N) is 1. The van der Waals surface area contributed by atoms with Crippen LogP contribution in [0.4, 0.5) is 4.79 Å². The molecular formula is C16H22N2O3. The second-order valence-electron chi connectivity index (χ2n) is 5.81. The Balaban J connectivity index is 1.54. The first-order valence-electron chi connectivity index (χ1n) is 7.63. The fourth-order valence-corrected chi connectivity index (χ4v) is 2.70. The smallest absolute Gasteiger partial charge is 0.317 e. The number of urea groups is 1. The summed E-state index contributed by atoms with van der Waals surface area (Å²) in [6.07, 6.45) is 2.19. The molecule has 0 aliphatic carbocycles. The first-order chi connectivity index (χ1) is 10.2. The van der Waals surface area contributed by atoms with Gasteiger partial charge in [0.1, 0.15) is 13.2 Å². The summed E-state index contributed by atoms with van der Waals surface area (Å²) in [5, 5.41) is 2.98. The van der Waals surface area contributed by atoms with Crippen molar-refractivity contribution in [2.45, 2.75) is 26.3 Å². The molecule has 1 aromatic carbocycles. The van der Waals surface area contributed by atoms with E-state index in [-0.39, 0.29) is 6.03 Å². The topological polar surface area (TPSA) is 50.8 Å². The molecule has 2 aliphatic rings. The molecule has 1 N–H and O–H groups in total. The van der Waals surface area contributed by atoms with E-state index < -0.39 is 0 Å². The molecular weight excluding hydrogens is 268 g/mol. The second kappa shape index (κ2) is 6.24. The summed E-state index contributed by atoms with van der Waals surface area (Å²) in [6, 6.07) is 5.83. The van der Waals surface area contributed by atoms with E-state index in [0.717, 1.165) is 48.9 Å². The Labute approximate surface area is 125 Å². The molecule has 0 unspecified atom stereocenters. The molecule has 1 aromatic rings. The minimum atomic E-state index is 0.0248. The van der Waals surface area contributed by atoms with E-state index in [1.807, 2.05) is 23.1 Å². The highest BCUT2D eigenvalue weighted by molar-refractivity contribution is 5.74. The maximum atomic E-state index is 12.1. The number of hydrogen-bond acceptors (Lipinski definition) is 3. The lowest BCUT2D eigenvalue weighted by molar-refractivity contribution is 0.170. The third-order valence-electron chi connectivity index (χ3n) is 4.12. The SMILES string of the molecule is CC1CCN(C(=O)NCc2ccc3c(c2)OCCO3)CC1. The number of amides is 2. The first-order valence-corrected chi connectivity index (χ1v) is 7.63. The summed E-state index contributed by atoms with van der Waals surface area (Å²) < 4.78 is 11.0. The Morgan fingerprint density at radius 2 is 1.95 bits per heavy atom. The minimum Gasteiger partial charge on any atom is -0.486 e. The summed E-state index contributed by atoms with van der Waals surface area (Å²) in [4.78, 5) is 14.0. The van der Waals surface area contributed by atoms with E-state index in [4.69, 9.17) is 9.47 Å². The van der Waals surface area contributed by atoms with E-state index in [2.05, 4.69) is 12.2 Å². The van der Waals surface area contributed by atoms with Crippen LogP contribution in [-0.2, 0) is 6.54 Å². The Morgan fingerprint density at radius 3 is 2.71 bits per heavy atom. The van der Waals surface area contributed by atoms with Gasteiger partial charge in [-0.25, -0.2) is 4.79 Å². The second-order valence-corrected chi connectivity index (χ2v) is 5.81. The molecule has 3 rings (SSSR count). The number of benzene rings is 1. The normalized spacial score (nSPS) is 18.4. The molecule has 0 radical (unpaired) electrons. The lowest BCUT2D eigenvalue weighted by Crippen LogP contribution is -2.43. The summed E-state index contributed by atoms with van der Waals surface area (Å²) >= 11 is 0. The molecule has 1 saturated heterocycles. The number of likely N-dealkylation sites (tertiary alicyclic amines) is 1. The molecule has 0 aromatic heterocycles. The molecule has 0 atom stereocenters. The molecule has 2 aliphatic heterocycles. The highest BCUT2D eigenvalue weighted by atomic mass is 16.6. The number of piperidine rings is 1. The van der Waals surface area contributed by atoms with Crippen molar-refractivity contribution in [2.24, 2.45) is 5.92 Å². The summed E-state index contributed by atoms with van der Waals surface area (Å²) in [5.74, 6) is 2.27. The van der Waals surface area contributed by atoms with Gasteiger partial charge in [0.15, 0.2) is 11.5 Å². The first kappa shape index (κ1) is 14.0. The van der Waals surface area contributed by atoms with Crippen molar-refractivity contribution >= 4 is 6.03 Å². The van der Waals surface area contributed by atoms with Crippen molar-refractivity contribution in [3.63, 3.8) is 0 Å². The summed E-state index contributed by atoms with van der Waals surface area (Å²) in [6.45, 7) is 5.64. The quantitative estimate of drug-likeness (QED) is 0.910. The molecule has 0 saturated carbocycles. The zero-order chi connectivity index (χ0) is 14.7. The van der Waals surface area contributed by atoms with Crippen molar-refractivity contribution in [2.75, 3.05) is 26.3 Å². The maximum Gasteiger partial charge on any atom is 0.317 e. The van der Waals surface area contributed by atoms with Crippen LogP contribution in [0.25, 0.3) is 0 Å². The van der Waals surface area contributed by atoms with Gasteiger partial charge in [-0.15, -0.1) is 0 Å². The molecule has 2 amide bonds. The molecule has 1 fully saturated rings. The predicted octanol–water partition coefficient (Wildman–Crippen LogP) is 2.40. The summed E-state index contributed by atoms with van der Waals surface area (Å²) in [7, 11) is 0. The molecule has 21 heavy (non-hydrogen) atoms. The van der Waals surface area contributed by atoms with E-state index in [9.17, 15) is 4.79 Å². The molecule has 0 bridgehead atoms. The van der Waals surface area contributed by atoms with Crippen LogP contribution in [0, 0.1) is 5.92 Å². The number of carbonyl (C=O) groups excluding carboxylic acids is 1. The van der Waals surface area contributed by atoms with Gasteiger partial charge in [-0.2, -0.15) is 0 Å². The fourth-order valence-electron chi connectivity index (χ4n) is 2.70. The van der Waals surface area contributed by atoms with Crippen molar-refractivity contribution in [3.8, 4) is 11.5 Å². The molecule has 114 valence electrons. The third kappa shape index (κ3) is 3.40. The fraction of sp³-hybridized carbons (Fsp3) is 0.562. The number of rotatable bonds is 2. The highest BCUT2D eigenvalue weighted by Gasteiger charge is 2.20. The number of ether oxygens (including phenoxy) is 2. The zero-order valence-corrected chi connectivity index (χ0v) is 12.4. The summed E-state index contributed by atoms with van der Waals surface area (Å²) in [5.41, 5.74) is 1.03. The van der Waals surface area contributed by atoms with Crippen molar-refractivity contribution in [3.05, 3.63) is 23.8 Å². The zero-order valence-electron chi connectivity index (χ0n) is 12.4. The van der Waals surface area contributed by atoms with Gasteiger partial charge in [0.2, 0.25) is 0 Å². The Kier molecular flexibility index (Phi) is 4.18. The maximum absolute atomic E-state index is 12.1. The minimum absolute atomic E-state index is 0.0248. The lowest BCUT2D eigenvalue weighted by Gasteiger charge is -2.30. The molecule has 2 heterocycles. The van der Waals surface area contributed by atoms with Crippen LogP contribution in [0.2, 0.25) is 0 Å². The van der Waals surface area contributed by atoms with Gasteiger partial charge in [0, 0.05) is 19.6 Å². The van der Waals surface area contributed by atoms with E-state index >= 15 is 0 Å². The van der Waals surface area contributed by atoms with E-state index in [1.165, 1.54) is 0 Å². The number of carbonyl (C=O) groups is 1. The van der Waals surface area contributed by atoms with Crippen molar-refractivity contribution in [1.82, 2.24) is 10.2 Å². The van der Waals surface area contributed by atoms with Gasteiger partial charge >= 0.3 is 6.03 Å². The third-order valence-corrected chi connectivity index (χ3v) is 4.12. The largest absolute Gasteiger partial charge is 0.486 e. The molecule has 0 spiro atoms. The molecule has 5 heteroatoms. The van der Waals surface area contributed by atoms with Crippen LogP contribution in [0.5, 0.6) is 11.5 Å². The van der Waals surface area contributed by atoms with Crippen molar-refractivity contribution in [1.29, 1.82) is 0 Å². The highest BCUT2D eigenvalue weighted by Crippen LogP contribution is 2.30. The van der Waals surface area contributed by atoms with Gasteiger partial charge in [0.05, 0.1) is 0 Å². The molecule has 5 nitrogen and oxygen atoms in total. The predicted molar refractivity (Wildman–Crippen MR) is 79.6 cm³/mol. The van der Waals surface area contributed by atoms with E-state index in [0.29, 0.717) is 19.8 Å². The Morgan fingerprint density at radius 1 is 1.24 bits per heavy atom. The van der Waals surface area contributed by atoms with Crippen molar-refractivity contribution < 1.29 is 14.3 Å². The van der Waals surface area contributed by atoms with Crippen LogP contribution < -0.4 is 14.8 Å². The van der Waals surface area contributed by atoms with Gasteiger partial charge in [-0.1, -0.05) is 13.0 Å². The average Bonchev–Trinajstić information content (AvgIpc) is 2.53. The van der Waals surface area contributed by atoms with Gasteiger partial charge < -0.3 is 19.7 Å².